The topological polar surface area (TPSA) is 56.7 Å². The average molecular weight is 278 g/mol. The number of imidazole rings is 1. The number of hydrogen-bond acceptors (Lipinski definition) is 5. The second-order valence-corrected chi connectivity index (χ2v) is 6.56. The molecule has 2 aromatic rings. The molecule has 1 aliphatic carbocycles. The quantitative estimate of drug-likeness (QED) is 0.782. The van der Waals surface area contributed by atoms with Crippen LogP contribution in [0.5, 0.6) is 0 Å². The molecule has 19 heavy (non-hydrogen) atoms. The molecule has 0 amide bonds. The Kier molecular flexibility index (Phi) is 3.35. The summed E-state index contributed by atoms with van der Waals surface area (Å²) in [5.41, 5.74) is 0. The van der Waals surface area contributed by atoms with Crippen LogP contribution in [-0.4, -0.2) is 19.7 Å². The summed E-state index contributed by atoms with van der Waals surface area (Å²) in [6.45, 7) is 6.20. The van der Waals surface area contributed by atoms with Crippen LogP contribution >= 0.6 is 11.8 Å². The Bertz CT molecular complexity index is 558. The van der Waals surface area contributed by atoms with Crippen LogP contribution in [0.2, 0.25) is 0 Å². The van der Waals surface area contributed by atoms with Crippen LogP contribution in [0.3, 0.4) is 0 Å². The van der Waals surface area contributed by atoms with Crippen LogP contribution in [-0.2, 0) is 0 Å². The summed E-state index contributed by atoms with van der Waals surface area (Å²) in [7, 11) is 0. The molecule has 0 radical (unpaired) electrons. The maximum absolute atomic E-state index is 5.33. The largest absolute Gasteiger partial charge is 0.338 e. The molecule has 3 rings (SSSR count). The Labute approximate surface area is 116 Å². The molecule has 1 saturated carbocycles. The Hall–Kier alpha value is -1.30. The van der Waals surface area contributed by atoms with Gasteiger partial charge < -0.3 is 9.09 Å². The van der Waals surface area contributed by atoms with E-state index in [1.165, 1.54) is 12.8 Å². The molecule has 0 saturated heterocycles. The predicted octanol–water partition coefficient (Wildman–Crippen LogP) is 3.58. The van der Waals surface area contributed by atoms with Crippen molar-refractivity contribution >= 4 is 11.8 Å². The minimum atomic E-state index is 0.125. The van der Waals surface area contributed by atoms with E-state index in [9.17, 15) is 0 Å². The highest BCUT2D eigenvalue weighted by molar-refractivity contribution is 7.99. The molecule has 1 aliphatic rings. The van der Waals surface area contributed by atoms with E-state index in [2.05, 4.69) is 46.7 Å². The lowest BCUT2D eigenvalue weighted by Crippen LogP contribution is -1.98. The first-order valence-corrected chi connectivity index (χ1v) is 7.56. The molecule has 2 heterocycles. The Balaban J connectivity index is 1.72. The molecule has 2 aromatic heterocycles. The van der Waals surface area contributed by atoms with Crippen molar-refractivity contribution < 1.29 is 4.52 Å². The molecule has 0 spiro atoms. The van der Waals surface area contributed by atoms with Gasteiger partial charge in [0.05, 0.1) is 5.25 Å². The molecule has 1 atom stereocenters. The van der Waals surface area contributed by atoms with Crippen molar-refractivity contribution in [1.82, 2.24) is 19.7 Å². The zero-order chi connectivity index (χ0) is 13.4. The number of nitrogens with zero attached hydrogens (tertiary/aromatic N) is 4. The summed E-state index contributed by atoms with van der Waals surface area (Å²) in [4.78, 5) is 8.87. The van der Waals surface area contributed by atoms with Crippen molar-refractivity contribution in [2.75, 3.05) is 0 Å². The van der Waals surface area contributed by atoms with Crippen molar-refractivity contribution in [3.05, 3.63) is 24.1 Å². The summed E-state index contributed by atoms with van der Waals surface area (Å²) < 4.78 is 7.58. The van der Waals surface area contributed by atoms with Gasteiger partial charge in [-0.25, -0.2) is 4.98 Å². The van der Waals surface area contributed by atoms with Crippen LogP contribution in [0.15, 0.2) is 22.1 Å². The molecule has 0 bridgehead atoms. The van der Waals surface area contributed by atoms with Crippen molar-refractivity contribution in [3.63, 3.8) is 0 Å². The van der Waals surface area contributed by atoms with Crippen LogP contribution in [0, 0.1) is 0 Å². The predicted molar refractivity (Wildman–Crippen MR) is 73.2 cm³/mol. The van der Waals surface area contributed by atoms with Crippen molar-refractivity contribution in [2.24, 2.45) is 0 Å². The highest BCUT2D eigenvalue weighted by atomic mass is 32.2. The third kappa shape index (κ3) is 2.68. The van der Waals surface area contributed by atoms with E-state index in [1.807, 2.05) is 6.20 Å². The molecule has 6 heteroatoms. The summed E-state index contributed by atoms with van der Waals surface area (Å²) in [6, 6.07) is 0.645. The molecular weight excluding hydrogens is 260 g/mol. The van der Waals surface area contributed by atoms with Crippen molar-refractivity contribution in [2.45, 2.75) is 56.0 Å². The van der Waals surface area contributed by atoms with E-state index < -0.39 is 0 Å². The molecular formula is C13H18N4OS. The zero-order valence-electron chi connectivity index (χ0n) is 11.4. The molecule has 0 aromatic carbocycles. The third-order valence-corrected chi connectivity index (χ3v) is 4.26. The maximum atomic E-state index is 5.33. The second kappa shape index (κ2) is 5.00. The Morgan fingerprint density at radius 1 is 1.37 bits per heavy atom. The van der Waals surface area contributed by atoms with Gasteiger partial charge in [0.1, 0.15) is 0 Å². The molecule has 1 fully saturated rings. The lowest BCUT2D eigenvalue weighted by atomic mass is 10.2. The van der Waals surface area contributed by atoms with Crippen LogP contribution < -0.4 is 0 Å². The second-order valence-electron chi connectivity index (χ2n) is 5.25. The first kappa shape index (κ1) is 12.7. The molecule has 102 valence electrons. The Morgan fingerprint density at radius 2 is 2.16 bits per heavy atom. The molecule has 0 N–H and O–H groups in total. The van der Waals surface area contributed by atoms with E-state index in [1.54, 1.807) is 11.8 Å². The summed E-state index contributed by atoms with van der Waals surface area (Å²) in [5.74, 6) is 1.75. The fourth-order valence-electron chi connectivity index (χ4n) is 1.88. The summed E-state index contributed by atoms with van der Waals surface area (Å²) in [5, 5.41) is 5.18. The summed E-state index contributed by atoms with van der Waals surface area (Å²) in [6.07, 6.45) is 6.44. The summed E-state index contributed by atoms with van der Waals surface area (Å²) >= 11 is 1.68. The van der Waals surface area contributed by atoms with Gasteiger partial charge in [0, 0.05) is 24.4 Å². The van der Waals surface area contributed by atoms with E-state index in [4.69, 9.17) is 4.52 Å². The standard InChI is InChI=1S/C13H18N4OS/c1-8(2)11-15-12(18-16-11)9(3)19-13-14-6-7-17(13)10-4-5-10/h6-10H,4-5H2,1-3H3. The van der Waals surface area contributed by atoms with Gasteiger partial charge in [-0.05, 0) is 19.8 Å². The van der Waals surface area contributed by atoms with E-state index in [0.29, 0.717) is 17.9 Å². The lowest BCUT2D eigenvalue weighted by molar-refractivity contribution is 0.373. The fourth-order valence-corrected chi connectivity index (χ4v) is 2.84. The maximum Gasteiger partial charge on any atom is 0.239 e. The van der Waals surface area contributed by atoms with Crippen LogP contribution in [0.25, 0.3) is 0 Å². The number of hydrogen-bond donors (Lipinski definition) is 0. The number of rotatable bonds is 5. The average Bonchev–Trinajstić information content (AvgIpc) is 2.93. The van der Waals surface area contributed by atoms with Crippen molar-refractivity contribution in [1.29, 1.82) is 0 Å². The Morgan fingerprint density at radius 3 is 2.79 bits per heavy atom. The van der Waals surface area contributed by atoms with Crippen LogP contribution in [0.1, 0.15) is 62.5 Å². The van der Waals surface area contributed by atoms with Gasteiger partial charge >= 0.3 is 0 Å². The van der Waals surface area contributed by atoms with Gasteiger partial charge in [-0.3, -0.25) is 0 Å². The number of aromatic nitrogens is 4. The highest BCUT2D eigenvalue weighted by Gasteiger charge is 2.27. The molecule has 0 aliphatic heterocycles. The van der Waals surface area contributed by atoms with E-state index in [-0.39, 0.29) is 5.25 Å². The van der Waals surface area contributed by atoms with Gasteiger partial charge in [-0.1, -0.05) is 30.8 Å². The molecule has 1 unspecified atom stereocenters. The normalized spacial score (nSPS) is 17.1. The third-order valence-electron chi connectivity index (χ3n) is 3.18. The van der Waals surface area contributed by atoms with Gasteiger partial charge in [0.15, 0.2) is 11.0 Å². The van der Waals surface area contributed by atoms with Gasteiger partial charge in [0.2, 0.25) is 5.89 Å². The van der Waals surface area contributed by atoms with Crippen LogP contribution in [0.4, 0.5) is 0 Å². The minimum Gasteiger partial charge on any atom is -0.338 e. The van der Waals surface area contributed by atoms with Gasteiger partial charge in [-0.2, -0.15) is 4.98 Å². The van der Waals surface area contributed by atoms with Gasteiger partial charge in [-0.15, -0.1) is 0 Å². The fraction of sp³-hybridized carbons (Fsp3) is 0.615. The van der Waals surface area contributed by atoms with Gasteiger partial charge in [0.25, 0.3) is 0 Å². The first-order valence-electron chi connectivity index (χ1n) is 6.68. The molecule has 5 nitrogen and oxygen atoms in total. The minimum absolute atomic E-state index is 0.125. The van der Waals surface area contributed by atoms with E-state index in [0.717, 1.165) is 11.0 Å². The monoisotopic (exact) mass is 278 g/mol. The zero-order valence-corrected chi connectivity index (χ0v) is 12.2. The van der Waals surface area contributed by atoms with E-state index >= 15 is 0 Å². The number of thioether (sulfide) groups is 1. The first-order chi connectivity index (χ1) is 9.15. The SMILES string of the molecule is CC(C)c1noc(C(C)Sc2nccn2C2CC2)n1. The highest BCUT2D eigenvalue weighted by Crippen LogP contribution is 2.40. The smallest absolute Gasteiger partial charge is 0.239 e. The lowest BCUT2D eigenvalue weighted by Gasteiger charge is -2.08. The van der Waals surface area contributed by atoms with Crippen molar-refractivity contribution in [3.8, 4) is 0 Å².